The Morgan fingerprint density at radius 3 is 2.26 bits per heavy atom. The standard InChI is InChI=1S/C16H15NO2/c17-11-10-15(18)12-19-16-8-6-14(7-9-16)13-4-2-1-3-5-13/h1-9,15,18H,10,12H2/t15-/m0/s1. The van der Waals surface area contributed by atoms with Gasteiger partial charge < -0.3 is 9.84 Å². The lowest BCUT2D eigenvalue weighted by molar-refractivity contribution is 0.111. The minimum absolute atomic E-state index is 0.0854. The molecule has 0 bridgehead atoms. The van der Waals surface area contributed by atoms with E-state index in [0.717, 1.165) is 11.1 Å². The van der Waals surface area contributed by atoms with Crippen LogP contribution in [0.4, 0.5) is 0 Å². The highest BCUT2D eigenvalue weighted by atomic mass is 16.5. The van der Waals surface area contributed by atoms with Crippen molar-refractivity contribution in [3.05, 3.63) is 54.6 Å². The molecule has 0 fully saturated rings. The third kappa shape index (κ3) is 3.84. The van der Waals surface area contributed by atoms with Gasteiger partial charge in [0.25, 0.3) is 0 Å². The zero-order valence-electron chi connectivity index (χ0n) is 10.5. The van der Waals surface area contributed by atoms with E-state index in [1.807, 2.05) is 60.7 Å². The fraction of sp³-hybridized carbons (Fsp3) is 0.188. The van der Waals surface area contributed by atoms with Crippen molar-refractivity contribution in [2.75, 3.05) is 6.61 Å². The predicted octanol–water partition coefficient (Wildman–Crippen LogP) is 3.01. The van der Waals surface area contributed by atoms with Crippen LogP contribution < -0.4 is 4.74 Å². The highest BCUT2D eigenvalue weighted by Crippen LogP contribution is 2.22. The zero-order valence-corrected chi connectivity index (χ0v) is 10.5. The lowest BCUT2D eigenvalue weighted by Crippen LogP contribution is -2.16. The van der Waals surface area contributed by atoms with E-state index in [2.05, 4.69) is 0 Å². The summed E-state index contributed by atoms with van der Waals surface area (Å²) in [6, 6.07) is 19.7. The molecule has 0 radical (unpaired) electrons. The zero-order chi connectivity index (χ0) is 13.5. The summed E-state index contributed by atoms with van der Waals surface area (Å²) >= 11 is 0. The molecule has 3 nitrogen and oxygen atoms in total. The molecule has 0 saturated carbocycles. The number of nitriles is 1. The van der Waals surface area contributed by atoms with Gasteiger partial charge in [0.2, 0.25) is 0 Å². The van der Waals surface area contributed by atoms with E-state index in [1.54, 1.807) is 0 Å². The smallest absolute Gasteiger partial charge is 0.119 e. The molecule has 2 rings (SSSR count). The van der Waals surface area contributed by atoms with Crippen molar-refractivity contribution in [3.8, 4) is 22.9 Å². The Morgan fingerprint density at radius 2 is 1.63 bits per heavy atom. The average Bonchev–Trinajstić information content (AvgIpc) is 2.47. The molecule has 2 aromatic carbocycles. The van der Waals surface area contributed by atoms with Crippen LogP contribution in [0.15, 0.2) is 54.6 Å². The molecule has 3 heteroatoms. The van der Waals surface area contributed by atoms with E-state index in [1.165, 1.54) is 0 Å². The summed E-state index contributed by atoms with van der Waals surface area (Å²) in [6.07, 6.45) is -0.652. The molecule has 96 valence electrons. The third-order valence-electron chi connectivity index (χ3n) is 2.73. The monoisotopic (exact) mass is 253 g/mol. The summed E-state index contributed by atoms with van der Waals surface area (Å²) in [5.74, 6) is 0.691. The molecule has 0 amide bonds. The van der Waals surface area contributed by atoms with Gasteiger partial charge in [-0.2, -0.15) is 5.26 Å². The first-order valence-electron chi connectivity index (χ1n) is 6.13. The molecule has 0 aliphatic heterocycles. The molecule has 0 aromatic heterocycles. The number of hydrogen-bond acceptors (Lipinski definition) is 3. The topological polar surface area (TPSA) is 53.2 Å². The van der Waals surface area contributed by atoms with E-state index in [0.29, 0.717) is 5.75 Å². The summed E-state index contributed by atoms with van der Waals surface area (Å²) in [4.78, 5) is 0. The van der Waals surface area contributed by atoms with Crippen LogP contribution in [0.25, 0.3) is 11.1 Å². The van der Waals surface area contributed by atoms with E-state index in [4.69, 9.17) is 10.00 Å². The number of nitrogens with zero attached hydrogens (tertiary/aromatic N) is 1. The molecule has 0 spiro atoms. The van der Waals surface area contributed by atoms with Crippen molar-refractivity contribution >= 4 is 0 Å². The first-order chi connectivity index (χ1) is 9.29. The van der Waals surface area contributed by atoms with E-state index >= 15 is 0 Å². The second-order valence-electron chi connectivity index (χ2n) is 4.22. The molecule has 0 saturated heterocycles. The summed E-state index contributed by atoms with van der Waals surface area (Å²) in [7, 11) is 0. The quantitative estimate of drug-likeness (QED) is 0.891. The number of hydrogen-bond donors (Lipinski definition) is 1. The van der Waals surface area contributed by atoms with Gasteiger partial charge in [-0.05, 0) is 23.3 Å². The predicted molar refractivity (Wildman–Crippen MR) is 73.6 cm³/mol. The maximum Gasteiger partial charge on any atom is 0.119 e. The maximum absolute atomic E-state index is 9.40. The van der Waals surface area contributed by atoms with Gasteiger partial charge in [0, 0.05) is 0 Å². The van der Waals surface area contributed by atoms with Gasteiger partial charge in [0.05, 0.1) is 12.5 Å². The Bertz CT molecular complexity index is 543. The normalized spacial score (nSPS) is 11.6. The first kappa shape index (κ1) is 13.1. The van der Waals surface area contributed by atoms with E-state index < -0.39 is 6.10 Å². The highest BCUT2D eigenvalue weighted by Gasteiger charge is 2.04. The SMILES string of the molecule is N#CC[C@H](O)COc1ccc(-c2ccccc2)cc1. The Morgan fingerprint density at radius 1 is 1.00 bits per heavy atom. The Labute approximate surface area is 112 Å². The Kier molecular flexibility index (Phi) is 4.54. The van der Waals surface area contributed by atoms with Crippen LogP contribution in [0.5, 0.6) is 5.75 Å². The first-order valence-corrected chi connectivity index (χ1v) is 6.13. The summed E-state index contributed by atoms with van der Waals surface area (Å²) in [5.41, 5.74) is 2.27. The van der Waals surface area contributed by atoms with Gasteiger partial charge in [-0.15, -0.1) is 0 Å². The molecular formula is C16H15NO2. The van der Waals surface area contributed by atoms with E-state index in [9.17, 15) is 5.11 Å². The van der Waals surface area contributed by atoms with Crippen LogP contribution >= 0.6 is 0 Å². The lowest BCUT2D eigenvalue weighted by Gasteiger charge is -2.10. The van der Waals surface area contributed by atoms with Crippen molar-refractivity contribution in [1.82, 2.24) is 0 Å². The van der Waals surface area contributed by atoms with Crippen LogP contribution in [0.3, 0.4) is 0 Å². The van der Waals surface area contributed by atoms with Gasteiger partial charge in [-0.25, -0.2) is 0 Å². The molecule has 2 aromatic rings. The van der Waals surface area contributed by atoms with Crippen LogP contribution in [-0.4, -0.2) is 17.8 Å². The van der Waals surface area contributed by atoms with Crippen molar-refractivity contribution in [1.29, 1.82) is 5.26 Å². The molecule has 0 aliphatic carbocycles. The average molecular weight is 253 g/mol. The molecule has 0 aliphatic rings. The minimum Gasteiger partial charge on any atom is -0.491 e. The Balaban J connectivity index is 1.98. The molecule has 1 atom stereocenters. The van der Waals surface area contributed by atoms with Gasteiger partial charge in [0.15, 0.2) is 0 Å². The van der Waals surface area contributed by atoms with Crippen LogP contribution in [0.2, 0.25) is 0 Å². The number of aliphatic hydroxyl groups is 1. The maximum atomic E-state index is 9.40. The van der Waals surface area contributed by atoms with Crippen molar-refractivity contribution in [2.45, 2.75) is 12.5 Å². The number of rotatable bonds is 5. The van der Waals surface area contributed by atoms with Gasteiger partial charge >= 0.3 is 0 Å². The fourth-order valence-electron chi connectivity index (χ4n) is 1.73. The van der Waals surface area contributed by atoms with Crippen molar-refractivity contribution < 1.29 is 9.84 Å². The summed E-state index contributed by atoms with van der Waals surface area (Å²) in [5, 5.41) is 17.8. The second kappa shape index (κ2) is 6.58. The lowest BCUT2D eigenvalue weighted by atomic mass is 10.1. The molecule has 0 unspecified atom stereocenters. The minimum atomic E-state index is -0.737. The number of aliphatic hydroxyl groups excluding tert-OH is 1. The largest absolute Gasteiger partial charge is 0.491 e. The van der Waals surface area contributed by atoms with Gasteiger partial charge in [-0.1, -0.05) is 42.5 Å². The molecule has 1 N–H and O–H groups in total. The van der Waals surface area contributed by atoms with Crippen molar-refractivity contribution in [2.24, 2.45) is 0 Å². The van der Waals surface area contributed by atoms with Crippen molar-refractivity contribution in [3.63, 3.8) is 0 Å². The fourth-order valence-corrected chi connectivity index (χ4v) is 1.73. The molecule has 0 heterocycles. The van der Waals surface area contributed by atoms with E-state index in [-0.39, 0.29) is 13.0 Å². The van der Waals surface area contributed by atoms with Crippen LogP contribution in [0, 0.1) is 11.3 Å². The number of ether oxygens (including phenoxy) is 1. The van der Waals surface area contributed by atoms with Gasteiger partial charge in [-0.3, -0.25) is 0 Å². The summed E-state index contributed by atoms with van der Waals surface area (Å²) < 4.78 is 5.41. The summed E-state index contributed by atoms with van der Waals surface area (Å²) in [6.45, 7) is 0.137. The van der Waals surface area contributed by atoms with Crippen LogP contribution in [0.1, 0.15) is 6.42 Å². The Hall–Kier alpha value is -2.31. The highest BCUT2D eigenvalue weighted by molar-refractivity contribution is 5.63. The third-order valence-corrected chi connectivity index (χ3v) is 2.73. The molecule has 19 heavy (non-hydrogen) atoms. The van der Waals surface area contributed by atoms with Gasteiger partial charge in [0.1, 0.15) is 18.5 Å². The van der Waals surface area contributed by atoms with Crippen LogP contribution in [-0.2, 0) is 0 Å². The second-order valence-corrected chi connectivity index (χ2v) is 4.22. The number of benzene rings is 2. The molecular weight excluding hydrogens is 238 g/mol.